The molecule has 3 nitrogen and oxygen atoms in total. The van der Waals surface area contributed by atoms with E-state index in [9.17, 15) is 0 Å². The Morgan fingerprint density at radius 2 is 2.14 bits per heavy atom. The minimum Gasteiger partial charge on any atom is -0.356 e. The van der Waals surface area contributed by atoms with Crippen LogP contribution in [0.25, 0.3) is 0 Å². The first kappa shape index (κ1) is 11.7. The van der Waals surface area contributed by atoms with Crippen molar-refractivity contribution in [3.05, 3.63) is 16.0 Å². The van der Waals surface area contributed by atoms with E-state index in [1.165, 1.54) is 6.33 Å². The van der Waals surface area contributed by atoms with Crippen molar-refractivity contribution in [2.75, 3.05) is 18.0 Å². The van der Waals surface area contributed by atoms with E-state index in [4.69, 9.17) is 11.6 Å². The van der Waals surface area contributed by atoms with Gasteiger partial charge in [-0.2, -0.15) is 0 Å². The van der Waals surface area contributed by atoms with Crippen molar-refractivity contribution in [2.45, 2.75) is 20.3 Å². The van der Waals surface area contributed by atoms with Crippen LogP contribution >= 0.6 is 27.5 Å². The van der Waals surface area contributed by atoms with Gasteiger partial charge in [-0.25, -0.2) is 9.97 Å². The minimum atomic E-state index is 0.463. The van der Waals surface area contributed by atoms with Crippen molar-refractivity contribution in [1.29, 1.82) is 0 Å². The molecular formula is C9H13BrClN3. The summed E-state index contributed by atoms with van der Waals surface area (Å²) in [5.74, 6) is 0.870. The molecule has 0 spiro atoms. The summed E-state index contributed by atoms with van der Waals surface area (Å²) in [5, 5.41) is 0.463. The van der Waals surface area contributed by atoms with Gasteiger partial charge in [0.05, 0.1) is 4.47 Å². The van der Waals surface area contributed by atoms with E-state index in [1.807, 2.05) is 0 Å². The van der Waals surface area contributed by atoms with Crippen LogP contribution in [0.2, 0.25) is 5.15 Å². The summed E-state index contributed by atoms with van der Waals surface area (Å²) in [7, 11) is 0. The third-order valence-electron chi connectivity index (χ3n) is 1.90. The predicted octanol–water partition coefficient (Wildman–Crippen LogP) is 3.13. The zero-order valence-electron chi connectivity index (χ0n) is 8.30. The van der Waals surface area contributed by atoms with Crippen LogP contribution in [0.1, 0.15) is 20.3 Å². The summed E-state index contributed by atoms with van der Waals surface area (Å²) >= 11 is 9.28. The van der Waals surface area contributed by atoms with Gasteiger partial charge in [0.25, 0.3) is 0 Å². The van der Waals surface area contributed by atoms with Crippen molar-refractivity contribution in [3.8, 4) is 0 Å². The summed E-state index contributed by atoms with van der Waals surface area (Å²) < 4.78 is 0.775. The first-order valence-corrected chi connectivity index (χ1v) is 5.78. The van der Waals surface area contributed by atoms with Crippen LogP contribution in [0.3, 0.4) is 0 Å². The predicted molar refractivity (Wildman–Crippen MR) is 62.9 cm³/mol. The summed E-state index contributed by atoms with van der Waals surface area (Å²) in [6, 6.07) is 0. The van der Waals surface area contributed by atoms with Gasteiger partial charge in [0.15, 0.2) is 0 Å². The van der Waals surface area contributed by atoms with Crippen molar-refractivity contribution in [3.63, 3.8) is 0 Å². The average molecular weight is 279 g/mol. The Balaban J connectivity index is 2.97. The van der Waals surface area contributed by atoms with Gasteiger partial charge in [0, 0.05) is 13.1 Å². The lowest BCUT2D eigenvalue weighted by molar-refractivity contribution is 0.774. The topological polar surface area (TPSA) is 29.0 Å². The average Bonchev–Trinajstić information content (AvgIpc) is 2.19. The zero-order valence-corrected chi connectivity index (χ0v) is 10.6. The van der Waals surface area contributed by atoms with Gasteiger partial charge < -0.3 is 4.90 Å². The first-order chi connectivity index (χ1) is 6.70. The molecule has 0 aliphatic heterocycles. The van der Waals surface area contributed by atoms with E-state index in [-0.39, 0.29) is 0 Å². The summed E-state index contributed by atoms with van der Waals surface area (Å²) in [6.45, 7) is 6.12. The lowest BCUT2D eigenvalue weighted by Gasteiger charge is -2.22. The van der Waals surface area contributed by atoms with E-state index in [0.29, 0.717) is 5.15 Å². The fraction of sp³-hybridized carbons (Fsp3) is 0.556. The Morgan fingerprint density at radius 3 is 2.71 bits per heavy atom. The molecule has 14 heavy (non-hydrogen) atoms. The van der Waals surface area contributed by atoms with E-state index in [1.54, 1.807) is 0 Å². The Morgan fingerprint density at radius 1 is 1.43 bits per heavy atom. The highest BCUT2D eigenvalue weighted by atomic mass is 79.9. The number of anilines is 1. The van der Waals surface area contributed by atoms with E-state index in [2.05, 4.69) is 44.6 Å². The molecule has 1 heterocycles. The van der Waals surface area contributed by atoms with Crippen molar-refractivity contribution in [2.24, 2.45) is 0 Å². The summed E-state index contributed by atoms with van der Waals surface area (Å²) in [6.07, 6.45) is 2.57. The number of nitrogens with zero attached hydrogens (tertiary/aromatic N) is 3. The quantitative estimate of drug-likeness (QED) is 0.792. The molecule has 0 unspecified atom stereocenters. The van der Waals surface area contributed by atoms with E-state index in [0.717, 1.165) is 29.8 Å². The highest BCUT2D eigenvalue weighted by Crippen LogP contribution is 2.28. The van der Waals surface area contributed by atoms with Crippen molar-refractivity contribution < 1.29 is 0 Å². The molecule has 5 heteroatoms. The molecule has 0 saturated heterocycles. The number of aromatic nitrogens is 2. The fourth-order valence-corrected chi connectivity index (χ4v) is 1.83. The van der Waals surface area contributed by atoms with Crippen LogP contribution in [0.4, 0.5) is 5.82 Å². The SMILES string of the molecule is CCCN(CC)c1ncnc(Cl)c1Br. The van der Waals surface area contributed by atoms with Crippen LogP contribution in [0, 0.1) is 0 Å². The van der Waals surface area contributed by atoms with Gasteiger partial charge in [-0.15, -0.1) is 0 Å². The van der Waals surface area contributed by atoms with Gasteiger partial charge in [-0.05, 0) is 29.3 Å². The lowest BCUT2D eigenvalue weighted by Crippen LogP contribution is -2.25. The number of halogens is 2. The van der Waals surface area contributed by atoms with Crippen LogP contribution in [-0.2, 0) is 0 Å². The van der Waals surface area contributed by atoms with Crippen molar-refractivity contribution in [1.82, 2.24) is 9.97 Å². The maximum atomic E-state index is 5.89. The van der Waals surface area contributed by atoms with E-state index >= 15 is 0 Å². The van der Waals surface area contributed by atoms with Crippen LogP contribution < -0.4 is 4.90 Å². The number of hydrogen-bond acceptors (Lipinski definition) is 3. The van der Waals surface area contributed by atoms with Gasteiger partial charge in [0.1, 0.15) is 17.3 Å². The maximum absolute atomic E-state index is 5.89. The Bertz CT molecular complexity index is 306. The Hall–Kier alpha value is -0.350. The van der Waals surface area contributed by atoms with E-state index < -0.39 is 0 Å². The molecule has 0 atom stereocenters. The lowest BCUT2D eigenvalue weighted by atomic mass is 10.4. The van der Waals surface area contributed by atoms with Gasteiger partial charge in [0.2, 0.25) is 0 Å². The largest absolute Gasteiger partial charge is 0.356 e. The Labute approximate surface area is 97.6 Å². The number of rotatable bonds is 4. The third-order valence-corrected chi connectivity index (χ3v) is 3.15. The molecular weight excluding hydrogens is 265 g/mol. The highest BCUT2D eigenvalue weighted by Gasteiger charge is 2.11. The van der Waals surface area contributed by atoms with Crippen molar-refractivity contribution >= 4 is 33.3 Å². The summed E-state index contributed by atoms with van der Waals surface area (Å²) in [4.78, 5) is 10.3. The molecule has 1 aromatic rings. The van der Waals surface area contributed by atoms with Gasteiger partial charge >= 0.3 is 0 Å². The molecule has 0 amide bonds. The molecule has 0 fully saturated rings. The maximum Gasteiger partial charge on any atom is 0.148 e. The number of hydrogen-bond donors (Lipinski definition) is 0. The molecule has 0 radical (unpaired) electrons. The van der Waals surface area contributed by atoms with Crippen LogP contribution in [0.5, 0.6) is 0 Å². The molecule has 0 bridgehead atoms. The zero-order chi connectivity index (χ0) is 10.6. The molecule has 0 aliphatic carbocycles. The molecule has 0 saturated carbocycles. The monoisotopic (exact) mass is 277 g/mol. The normalized spacial score (nSPS) is 10.3. The standard InChI is InChI=1S/C9H13BrClN3/c1-3-5-14(4-2)9-7(10)8(11)12-6-13-9/h6H,3-5H2,1-2H3. The minimum absolute atomic E-state index is 0.463. The molecule has 0 N–H and O–H groups in total. The molecule has 0 aliphatic rings. The fourth-order valence-electron chi connectivity index (χ4n) is 1.24. The third kappa shape index (κ3) is 2.58. The molecule has 1 aromatic heterocycles. The highest BCUT2D eigenvalue weighted by molar-refractivity contribution is 9.10. The second-order valence-corrected chi connectivity index (χ2v) is 4.03. The summed E-state index contributed by atoms with van der Waals surface area (Å²) in [5.41, 5.74) is 0. The molecule has 1 rings (SSSR count). The molecule has 78 valence electrons. The van der Waals surface area contributed by atoms with Crippen LogP contribution in [0.15, 0.2) is 10.8 Å². The second-order valence-electron chi connectivity index (χ2n) is 2.88. The smallest absolute Gasteiger partial charge is 0.148 e. The van der Waals surface area contributed by atoms with Gasteiger partial charge in [-0.3, -0.25) is 0 Å². The second kappa shape index (κ2) is 5.51. The first-order valence-electron chi connectivity index (χ1n) is 4.61. The Kier molecular flexibility index (Phi) is 4.62. The molecule has 0 aromatic carbocycles. The van der Waals surface area contributed by atoms with Crippen LogP contribution in [-0.4, -0.2) is 23.1 Å². The van der Waals surface area contributed by atoms with Gasteiger partial charge in [-0.1, -0.05) is 18.5 Å².